The highest BCUT2D eigenvalue weighted by molar-refractivity contribution is 5.84. The van der Waals surface area contributed by atoms with E-state index in [9.17, 15) is 9.59 Å². The van der Waals surface area contributed by atoms with Crippen molar-refractivity contribution >= 4 is 11.8 Å². The van der Waals surface area contributed by atoms with Crippen molar-refractivity contribution in [1.82, 2.24) is 20.4 Å². The molecule has 8 heteroatoms. The van der Waals surface area contributed by atoms with Gasteiger partial charge < -0.3 is 19.7 Å². The zero-order valence-corrected chi connectivity index (χ0v) is 18.9. The number of hydrogen-bond donors (Lipinski definition) is 2. The fourth-order valence-electron chi connectivity index (χ4n) is 4.65. The smallest absolute Gasteiger partial charge is 0.251 e. The molecule has 0 aliphatic carbocycles. The number of carbonyl (C=O) groups is 2. The molecule has 2 fully saturated rings. The van der Waals surface area contributed by atoms with Gasteiger partial charge in [-0.25, -0.2) is 0 Å². The van der Waals surface area contributed by atoms with E-state index < -0.39 is 11.6 Å². The van der Waals surface area contributed by atoms with Gasteiger partial charge >= 0.3 is 0 Å². The molecule has 2 aliphatic rings. The predicted octanol–water partition coefficient (Wildman–Crippen LogP) is 2.01. The number of aromatic amines is 1. The molecule has 0 saturated carbocycles. The van der Waals surface area contributed by atoms with Gasteiger partial charge in [0.1, 0.15) is 0 Å². The molecule has 2 N–H and O–H groups in total. The van der Waals surface area contributed by atoms with Gasteiger partial charge in [0.05, 0.1) is 24.4 Å². The number of hydrogen-bond acceptors (Lipinski definition) is 5. The molecule has 0 radical (unpaired) electrons. The maximum absolute atomic E-state index is 13.2. The molecule has 2 saturated heterocycles. The fraction of sp³-hybridized carbons (Fsp3) is 0.542. The Morgan fingerprint density at radius 1 is 1.19 bits per heavy atom. The first-order valence-electron chi connectivity index (χ1n) is 11.3. The first kappa shape index (κ1) is 22.5. The quantitative estimate of drug-likeness (QED) is 0.716. The van der Waals surface area contributed by atoms with E-state index in [-0.39, 0.29) is 18.4 Å². The van der Waals surface area contributed by atoms with E-state index in [1.165, 1.54) is 0 Å². The van der Waals surface area contributed by atoms with E-state index in [1.807, 2.05) is 44.2 Å². The number of morpholine rings is 1. The summed E-state index contributed by atoms with van der Waals surface area (Å²) in [4.78, 5) is 27.8. The predicted molar refractivity (Wildman–Crippen MR) is 119 cm³/mol. The number of H-pyrrole nitrogens is 1. The SMILES string of the molecule is Cc1n[nH]c(C)c1CCC(=O)N1CCOC(C(=O)NC2(c3ccccc3)CCOCC2)C1. The molecular weight excluding hydrogens is 408 g/mol. The molecule has 172 valence electrons. The van der Waals surface area contributed by atoms with Crippen LogP contribution in [0.3, 0.4) is 0 Å². The summed E-state index contributed by atoms with van der Waals surface area (Å²) in [5.41, 5.74) is 3.62. The molecule has 2 aliphatic heterocycles. The average molecular weight is 441 g/mol. The highest BCUT2D eigenvalue weighted by Crippen LogP contribution is 2.32. The first-order chi connectivity index (χ1) is 15.5. The highest BCUT2D eigenvalue weighted by Gasteiger charge is 2.39. The van der Waals surface area contributed by atoms with E-state index in [0.717, 1.165) is 22.5 Å². The van der Waals surface area contributed by atoms with E-state index in [1.54, 1.807) is 4.90 Å². The zero-order chi connectivity index (χ0) is 22.6. The van der Waals surface area contributed by atoms with E-state index in [4.69, 9.17) is 9.47 Å². The van der Waals surface area contributed by atoms with Crippen molar-refractivity contribution in [3.63, 3.8) is 0 Å². The summed E-state index contributed by atoms with van der Waals surface area (Å²) in [5.74, 6) is -0.135. The lowest BCUT2D eigenvalue weighted by molar-refractivity contribution is -0.149. The van der Waals surface area contributed by atoms with Crippen LogP contribution in [0.1, 0.15) is 41.8 Å². The van der Waals surface area contributed by atoms with Crippen LogP contribution in [-0.4, -0.2) is 65.9 Å². The Morgan fingerprint density at radius 3 is 2.62 bits per heavy atom. The van der Waals surface area contributed by atoms with Crippen molar-refractivity contribution in [2.24, 2.45) is 0 Å². The standard InChI is InChI=1S/C24H32N4O4/c1-17-20(18(2)27-26-17)8-9-22(29)28-12-15-32-21(16-28)23(30)25-24(10-13-31-14-11-24)19-6-4-3-5-7-19/h3-7,21H,8-16H2,1-2H3,(H,25,30)(H,26,27). The second-order valence-corrected chi connectivity index (χ2v) is 8.66. The fourth-order valence-corrected chi connectivity index (χ4v) is 4.65. The number of ether oxygens (including phenoxy) is 2. The van der Waals surface area contributed by atoms with Crippen molar-refractivity contribution in [3.8, 4) is 0 Å². The molecule has 1 atom stereocenters. The number of amides is 2. The third-order valence-electron chi connectivity index (χ3n) is 6.62. The maximum Gasteiger partial charge on any atom is 0.251 e. The topological polar surface area (TPSA) is 96.5 Å². The van der Waals surface area contributed by atoms with Crippen LogP contribution in [0.4, 0.5) is 0 Å². The molecule has 2 aromatic rings. The second kappa shape index (κ2) is 9.83. The first-order valence-corrected chi connectivity index (χ1v) is 11.3. The second-order valence-electron chi connectivity index (χ2n) is 8.66. The largest absolute Gasteiger partial charge is 0.381 e. The van der Waals surface area contributed by atoms with Crippen molar-refractivity contribution in [1.29, 1.82) is 0 Å². The third-order valence-corrected chi connectivity index (χ3v) is 6.62. The average Bonchev–Trinajstić information content (AvgIpc) is 3.15. The number of benzene rings is 1. The molecule has 1 aromatic carbocycles. The van der Waals surface area contributed by atoms with Gasteiger partial charge in [-0.2, -0.15) is 5.10 Å². The lowest BCUT2D eigenvalue weighted by atomic mass is 9.82. The molecular formula is C24H32N4O4. The summed E-state index contributed by atoms with van der Waals surface area (Å²) < 4.78 is 11.3. The van der Waals surface area contributed by atoms with E-state index in [2.05, 4.69) is 15.5 Å². The zero-order valence-electron chi connectivity index (χ0n) is 18.9. The van der Waals surface area contributed by atoms with Gasteiger partial charge in [-0.05, 0) is 44.2 Å². The van der Waals surface area contributed by atoms with E-state index >= 15 is 0 Å². The van der Waals surface area contributed by atoms with Gasteiger partial charge in [-0.1, -0.05) is 30.3 Å². The molecule has 1 unspecified atom stereocenters. The molecule has 0 bridgehead atoms. The van der Waals surface area contributed by atoms with Gasteiger partial charge in [0.15, 0.2) is 6.10 Å². The summed E-state index contributed by atoms with van der Waals surface area (Å²) in [6.45, 7) is 6.23. The van der Waals surface area contributed by atoms with Crippen molar-refractivity contribution in [3.05, 3.63) is 52.8 Å². The van der Waals surface area contributed by atoms with Crippen LogP contribution in [0.15, 0.2) is 30.3 Å². The lowest BCUT2D eigenvalue weighted by Gasteiger charge is -2.40. The molecule has 3 heterocycles. The van der Waals surface area contributed by atoms with E-state index in [0.29, 0.717) is 52.0 Å². The van der Waals surface area contributed by atoms with Crippen LogP contribution in [0.5, 0.6) is 0 Å². The number of aryl methyl sites for hydroxylation is 2. The molecule has 4 rings (SSSR count). The van der Waals surface area contributed by atoms with Crippen LogP contribution < -0.4 is 5.32 Å². The van der Waals surface area contributed by atoms with Crippen LogP contribution in [0, 0.1) is 13.8 Å². The number of nitrogens with zero attached hydrogens (tertiary/aromatic N) is 2. The Balaban J connectivity index is 1.39. The minimum Gasteiger partial charge on any atom is -0.381 e. The number of rotatable bonds is 6. The number of aromatic nitrogens is 2. The third kappa shape index (κ3) is 4.86. The maximum atomic E-state index is 13.2. The summed E-state index contributed by atoms with van der Waals surface area (Å²) in [6, 6.07) is 10.0. The Hall–Kier alpha value is -2.71. The molecule has 8 nitrogen and oxygen atoms in total. The minimum absolute atomic E-state index is 0.0370. The van der Waals surface area contributed by atoms with Gasteiger partial charge in [0.2, 0.25) is 5.91 Å². The van der Waals surface area contributed by atoms with Crippen molar-refractivity contribution in [2.75, 3.05) is 32.9 Å². The van der Waals surface area contributed by atoms with Crippen LogP contribution in [-0.2, 0) is 31.0 Å². The van der Waals surface area contributed by atoms with Crippen LogP contribution in [0.2, 0.25) is 0 Å². The Kier molecular flexibility index (Phi) is 6.91. The van der Waals surface area contributed by atoms with Gasteiger partial charge in [0, 0.05) is 31.9 Å². The Bertz CT molecular complexity index is 917. The van der Waals surface area contributed by atoms with Crippen molar-refractivity contribution in [2.45, 2.75) is 51.2 Å². The van der Waals surface area contributed by atoms with Gasteiger partial charge in [-0.15, -0.1) is 0 Å². The number of nitrogens with one attached hydrogen (secondary N) is 2. The summed E-state index contributed by atoms with van der Waals surface area (Å²) in [7, 11) is 0. The highest BCUT2D eigenvalue weighted by atomic mass is 16.5. The molecule has 1 aromatic heterocycles. The lowest BCUT2D eigenvalue weighted by Crippen LogP contribution is -2.57. The van der Waals surface area contributed by atoms with Gasteiger partial charge in [-0.3, -0.25) is 14.7 Å². The Labute approximate surface area is 188 Å². The monoisotopic (exact) mass is 440 g/mol. The molecule has 0 spiro atoms. The summed E-state index contributed by atoms with van der Waals surface area (Å²) >= 11 is 0. The number of carbonyl (C=O) groups excluding carboxylic acids is 2. The molecule has 2 amide bonds. The van der Waals surface area contributed by atoms with Crippen LogP contribution >= 0.6 is 0 Å². The Morgan fingerprint density at radius 2 is 1.94 bits per heavy atom. The van der Waals surface area contributed by atoms with Crippen molar-refractivity contribution < 1.29 is 19.1 Å². The summed E-state index contributed by atoms with van der Waals surface area (Å²) in [6.07, 6.45) is 1.77. The molecule has 32 heavy (non-hydrogen) atoms. The minimum atomic E-state index is -0.673. The van der Waals surface area contributed by atoms with Gasteiger partial charge in [0.25, 0.3) is 5.91 Å². The van der Waals surface area contributed by atoms with Crippen LogP contribution in [0.25, 0.3) is 0 Å². The summed E-state index contributed by atoms with van der Waals surface area (Å²) in [5, 5.41) is 10.4. The normalized spacial score (nSPS) is 20.7.